The summed E-state index contributed by atoms with van der Waals surface area (Å²) in [5.41, 5.74) is 1.49. The molecule has 0 saturated carbocycles. The van der Waals surface area contributed by atoms with Crippen LogP contribution in [-0.4, -0.2) is 23.3 Å². The Morgan fingerprint density at radius 1 is 1.12 bits per heavy atom. The van der Waals surface area contributed by atoms with Crippen LogP contribution >= 0.6 is 0 Å². The molecule has 0 aliphatic rings. The van der Waals surface area contributed by atoms with Crippen molar-refractivity contribution in [3.05, 3.63) is 69.8 Å². The van der Waals surface area contributed by atoms with Crippen LogP contribution in [0.3, 0.4) is 0 Å². The third-order valence-corrected chi connectivity index (χ3v) is 3.97. The summed E-state index contributed by atoms with van der Waals surface area (Å²) in [4.78, 5) is 34.6. The number of likely N-dealkylation sites (N-methyl/N-ethyl adjacent to an activating group) is 1. The molecule has 7 heteroatoms. The second kappa shape index (κ2) is 8.75. The first-order valence-electron chi connectivity index (χ1n) is 8.39. The quantitative estimate of drug-likeness (QED) is 0.586. The fourth-order valence-corrected chi connectivity index (χ4v) is 2.63. The molecule has 2 rings (SSSR count). The lowest BCUT2D eigenvalue weighted by Crippen LogP contribution is -2.28. The zero-order chi connectivity index (χ0) is 19.1. The summed E-state index contributed by atoms with van der Waals surface area (Å²) in [7, 11) is 0. The van der Waals surface area contributed by atoms with E-state index in [1.165, 1.54) is 24.3 Å². The van der Waals surface area contributed by atoms with Gasteiger partial charge in [-0.2, -0.15) is 0 Å². The summed E-state index contributed by atoms with van der Waals surface area (Å²) < 4.78 is 0. The molecule has 0 radical (unpaired) electrons. The van der Waals surface area contributed by atoms with Crippen LogP contribution < -0.4 is 10.6 Å². The number of benzene rings is 2. The molecule has 2 N–H and O–H groups in total. The Morgan fingerprint density at radius 3 is 2.38 bits per heavy atom. The van der Waals surface area contributed by atoms with E-state index >= 15 is 0 Å². The molecule has 26 heavy (non-hydrogen) atoms. The molecule has 1 unspecified atom stereocenters. The number of nitro groups is 1. The number of rotatable bonds is 7. The minimum absolute atomic E-state index is 0.0246. The van der Waals surface area contributed by atoms with E-state index in [0.717, 1.165) is 5.56 Å². The van der Waals surface area contributed by atoms with E-state index in [1.54, 1.807) is 24.3 Å². The average molecular weight is 355 g/mol. The Balaban J connectivity index is 2.11. The van der Waals surface area contributed by atoms with Crippen molar-refractivity contribution in [1.29, 1.82) is 0 Å². The number of non-ortho nitro benzene ring substituents is 1. The van der Waals surface area contributed by atoms with Gasteiger partial charge in [-0.3, -0.25) is 19.7 Å². The van der Waals surface area contributed by atoms with Crippen LogP contribution in [-0.2, 0) is 4.79 Å². The van der Waals surface area contributed by atoms with Gasteiger partial charge in [-0.25, -0.2) is 0 Å². The lowest BCUT2D eigenvalue weighted by atomic mass is 9.95. The predicted molar refractivity (Wildman–Crippen MR) is 99.2 cm³/mol. The highest BCUT2D eigenvalue weighted by atomic mass is 16.6. The molecule has 0 aliphatic heterocycles. The van der Waals surface area contributed by atoms with Gasteiger partial charge in [0.15, 0.2) is 0 Å². The number of carbonyl (C=O) groups excluding carboxylic acids is 2. The van der Waals surface area contributed by atoms with Gasteiger partial charge in [-0.05, 0) is 37.1 Å². The van der Waals surface area contributed by atoms with Gasteiger partial charge >= 0.3 is 0 Å². The number of hydrogen-bond acceptors (Lipinski definition) is 4. The molecule has 0 aromatic heterocycles. The van der Waals surface area contributed by atoms with Crippen LogP contribution in [0.25, 0.3) is 0 Å². The molecule has 0 bridgehead atoms. The van der Waals surface area contributed by atoms with Crippen molar-refractivity contribution in [3.63, 3.8) is 0 Å². The largest absolute Gasteiger partial charge is 0.356 e. The molecule has 2 aromatic carbocycles. The van der Waals surface area contributed by atoms with Crippen molar-refractivity contribution in [1.82, 2.24) is 5.32 Å². The Hall–Kier alpha value is -3.22. The molecule has 1 atom stereocenters. The molecule has 7 nitrogen and oxygen atoms in total. The summed E-state index contributed by atoms with van der Waals surface area (Å²) in [6.45, 7) is 4.39. The average Bonchev–Trinajstić information content (AvgIpc) is 2.64. The number of amides is 2. The van der Waals surface area contributed by atoms with Crippen molar-refractivity contribution in [3.8, 4) is 0 Å². The zero-order valence-corrected chi connectivity index (χ0v) is 14.7. The van der Waals surface area contributed by atoms with E-state index in [4.69, 9.17) is 0 Å². The van der Waals surface area contributed by atoms with Crippen molar-refractivity contribution >= 4 is 23.2 Å². The van der Waals surface area contributed by atoms with Crippen LogP contribution in [0.1, 0.15) is 42.1 Å². The molecule has 0 spiro atoms. The Bertz CT molecular complexity index is 803. The van der Waals surface area contributed by atoms with Gasteiger partial charge in [-0.1, -0.05) is 25.1 Å². The smallest absolute Gasteiger partial charge is 0.270 e. The van der Waals surface area contributed by atoms with E-state index in [-0.39, 0.29) is 23.1 Å². The summed E-state index contributed by atoms with van der Waals surface area (Å²) in [5, 5.41) is 16.3. The maximum absolute atomic E-state index is 12.3. The zero-order valence-electron chi connectivity index (χ0n) is 14.7. The lowest BCUT2D eigenvalue weighted by molar-refractivity contribution is -0.384. The second-order valence-electron chi connectivity index (χ2n) is 5.74. The lowest BCUT2D eigenvalue weighted by Gasteiger charge is -2.15. The van der Waals surface area contributed by atoms with Gasteiger partial charge < -0.3 is 10.6 Å². The van der Waals surface area contributed by atoms with E-state index in [2.05, 4.69) is 10.6 Å². The maximum Gasteiger partial charge on any atom is 0.270 e. The molecular formula is C19H21N3O4. The van der Waals surface area contributed by atoms with Crippen LogP contribution in [0.15, 0.2) is 48.5 Å². The molecule has 2 aromatic rings. The Morgan fingerprint density at radius 2 is 1.81 bits per heavy atom. The van der Waals surface area contributed by atoms with Gasteiger partial charge in [0.05, 0.1) is 10.8 Å². The van der Waals surface area contributed by atoms with Crippen LogP contribution in [0, 0.1) is 10.1 Å². The first-order valence-corrected chi connectivity index (χ1v) is 8.39. The third kappa shape index (κ3) is 4.66. The fraction of sp³-hybridized carbons (Fsp3) is 0.263. The summed E-state index contributed by atoms with van der Waals surface area (Å²) in [5.74, 6) is -0.697. The molecule has 0 saturated heterocycles. The number of carbonyl (C=O) groups is 2. The van der Waals surface area contributed by atoms with Crippen LogP contribution in [0.5, 0.6) is 0 Å². The summed E-state index contributed by atoms with van der Waals surface area (Å²) >= 11 is 0. The van der Waals surface area contributed by atoms with E-state index in [1.807, 2.05) is 13.8 Å². The van der Waals surface area contributed by atoms with E-state index in [9.17, 15) is 19.7 Å². The highest BCUT2D eigenvalue weighted by Crippen LogP contribution is 2.22. The Kier molecular flexibility index (Phi) is 6.43. The van der Waals surface area contributed by atoms with Crippen molar-refractivity contribution < 1.29 is 14.5 Å². The first-order chi connectivity index (χ1) is 12.5. The molecule has 2 amide bonds. The number of nitro benzene ring substituents is 1. The van der Waals surface area contributed by atoms with Crippen molar-refractivity contribution in [2.75, 3.05) is 11.9 Å². The molecular weight excluding hydrogens is 334 g/mol. The SMILES string of the molecule is CCNC(=O)C(CC)c1ccc(NC(=O)c2cccc([N+](=O)[O-])c2)cc1. The predicted octanol–water partition coefficient (Wildman–Crippen LogP) is 3.48. The normalized spacial score (nSPS) is 11.5. The first kappa shape index (κ1) is 19.1. The highest BCUT2D eigenvalue weighted by molar-refractivity contribution is 6.04. The minimum atomic E-state index is -0.544. The van der Waals surface area contributed by atoms with Crippen molar-refractivity contribution in [2.24, 2.45) is 0 Å². The summed E-state index contributed by atoms with van der Waals surface area (Å²) in [6.07, 6.45) is 0.672. The standard InChI is InChI=1S/C19H21N3O4/c1-3-17(19(24)20-4-2)13-8-10-15(11-9-13)21-18(23)14-6-5-7-16(12-14)22(25)26/h5-12,17H,3-4H2,1-2H3,(H,20,24)(H,21,23). The van der Waals surface area contributed by atoms with Crippen molar-refractivity contribution in [2.45, 2.75) is 26.2 Å². The van der Waals surface area contributed by atoms with Gasteiger partial charge in [0.2, 0.25) is 5.91 Å². The third-order valence-electron chi connectivity index (χ3n) is 3.97. The van der Waals surface area contributed by atoms with Crippen LogP contribution in [0.2, 0.25) is 0 Å². The van der Waals surface area contributed by atoms with Gasteiger partial charge in [0.1, 0.15) is 0 Å². The van der Waals surface area contributed by atoms with Gasteiger partial charge in [-0.15, -0.1) is 0 Å². The minimum Gasteiger partial charge on any atom is -0.356 e. The molecule has 0 fully saturated rings. The maximum atomic E-state index is 12.3. The molecule has 0 heterocycles. The highest BCUT2D eigenvalue weighted by Gasteiger charge is 2.18. The fourth-order valence-electron chi connectivity index (χ4n) is 2.63. The van der Waals surface area contributed by atoms with E-state index in [0.29, 0.717) is 18.7 Å². The number of anilines is 1. The monoisotopic (exact) mass is 355 g/mol. The van der Waals surface area contributed by atoms with Gasteiger partial charge in [0, 0.05) is 29.9 Å². The number of nitrogens with one attached hydrogen (secondary N) is 2. The van der Waals surface area contributed by atoms with Crippen LogP contribution in [0.4, 0.5) is 11.4 Å². The Labute approximate surface area is 151 Å². The molecule has 0 aliphatic carbocycles. The number of hydrogen-bond donors (Lipinski definition) is 2. The topological polar surface area (TPSA) is 101 Å². The van der Waals surface area contributed by atoms with E-state index < -0.39 is 10.8 Å². The van der Waals surface area contributed by atoms with Gasteiger partial charge in [0.25, 0.3) is 11.6 Å². The second-order valence-corrected chi connectivity index (χ2v) is 5.74. The number of nitrogens with zero attached hydrogens (tertiary/aromatic N) is 1. The molecule has 136 valence electrons. The summed E-state index contributed by atoms with van der Waals surface area (Å²) in [6, 6.07) is 12.6.